The van der Waals surface area contributed by atoms with Crippen LogP contribution in [-0.2, 0) is 17.6 Å². The minimum absolute atomic E-state index is 0.100. The van der Waals surface area contributed by atoms with Crippen molar-refractivity contribution in [2.45, 2.75) is 39.0 Å². The predicted molar refractivity (Wildman–Crippen MR) is 117 cm³/mol. The van der Waals surface area contributed by atoms with Crippen molar-refractivity contribution in [1.82, 2.24) is 4.98 Å². The Morgan fingerprint density at radius 3 is 2.52 bits per heavy atom. The summed E-state index contributed by atoms with van der Waals surface area (Å²) >= 11 is 6.06. The van der Waals surface area contributed by atoms with Crippen molar-refractivity contribution in [2.24, 2.45) is 0 Å². The van der Waals surface area contributed by atoms with E-state index in [1.807, 2.05) is 25.1 Å². The predicted octanol–water partition coefficient (Wildman–Crippen LogP) is 5.36. The summed E-state index contributed by atoms with van der Waals surface area (Å²) in [5.74, 6) is -0.980. The van der Waals surface area contributed by atoms with E-state index in [1.54, 1.807) is 24.3 Å². The summed E-state index contributed by atoms with van der Waals surface area (Å²) in [7, 11) is 0. The number of carboxylic acids is 1. The molecule has 0 bridgehead atoms. The van der Waals surface area contributed by atoms with E-state index in [0.29, 0.717) is 40.0 Å². The minimum atomic E-state index is -0.980. The Bertz CT molecular complexity index is 1190. The second-order valence-corrected chi connectivity index (χ2v) is 7.81. The number of pyridine rings is 1. The van der Waals surface area contributed by atoms with Gasteiger partial charge in [-0.3, -0.25) is 4.79 Å². The fourth-order valence-electron chi connectivity index (χ4n) is 4.23. The third kappa shape index (κ3) is 3.49. The van der Waals surface area contributed by atoms with Crippen molar-refractivity contribution in [1.29, 1.82) is 0 Å². The number of aromatic amines is 1. The molecule has 0 unspecified atom stereocenters. The molecule has 3 aromatic rings. The Morgan fingerprint density at radius 2 is 1.83 bits per heavy atom. The Morgan fingerprint density at radius 1 is 1.10 bits per heavy atom. The van der Waals surface area contributed by atoms with Gasteiger partial charge in [-0.15, -0.1) is 0 Å². The third-order valence-corrected chi connectivity index (χ3v) is 5.87. The zero-order valence-electron chi connectivity index (χ0n) is 16.2. The molecule has 0 radical (unpaired) electrons. The number of carboxylic acid groups (broad SMARTS) is 1. The summed E-state index contributed by atoms with van der Waals surface area (Å²) in [5, 5.41) is 11.2. The van der Waals surface area contributed by atoms with E-state index in [0.717, 1.165) is 36.0 Å². The van der Waals surface area contributed by atoms with Crippen LogP contribution in [0.15, 0.2) is 52.8 Å². The fraction of sp³-hybridized carbons (Fsp3) is 0.250. The zero-order valence-corrected chi connectivity index (χ0v) is 17.0. The number of fused-ring (bicyclic) bond motifs is 2. The van der Waals surface area contributed by atoms with Crippen LogP contribution >= 0.6 is 11.6 Å². The van der Waals surface area contributed by atoms with Gasteiger partial charge in [-0.1, -0.05) is 42.8 Å². The number of hydrogen-bond acceptors (Lipinski definition) is 2. The third-order valence-electron chi connectivity index (χ3n) is 5.62. The molecule has 1 aromatic heterocycles. The van der Waals surface area contributed by atoms with Gasteiger partial charge >= 0.3 is 5.97 Å². The van der Waals surface area contributed by atoms with Crippen molar-refractivity contribution >= 4 is 34.0 Å². The van der Waals surface area contributed by atoms with Crippen LogP contribution in [-0.4, -0.2) is 16.1 Å². The first-order valence-electron chi connectivity index (χ1n) is 9.90. The molecule has 0 atom stereocenters. The number of nitrogens with one attached hydrogen (secondary N) is 1. The largest absolute Gasteiger partial charge is 0.478 e. The summed E-state index contributed by atoms with van der Waals surface area (Å²) in [6.45, 7) is 2.02. The monoisotopic (exact) mass is 407 g/mol. The van der Waals surface area contributed by atoms with Gasteiger partial charge in [-0.25, -0.2) is 4.79 Å². The SMILES string of the molecule is CCc1cccc2[nH]c3c(c(=O)c12)C(c1ccc(Cl)cc1)=C(C(=O)O)CCCC3. The first kappa shape index (κ1) is 19.5. The van der Waals surface area contributed by atoms with Gasteiger partial charge in [0.15, 0.2) is 5.43 Å². The standard InChI is InChI=1S/C24H22ClNO3/c1-2-14-6-5-9-18-21(14)23(27)22-19(26-18)8-4-3-7-17(24(28)29)20(22)15-10-12-16(25)13-11-15/h5-6,9-13H,2-4,7-8H2,1H3,(H,26,27)(H,28,29). The van der Waals surface area contributed by atoms with Gasteiger partial charge in [-0.2, -0.15) is 0 Å². The lowest BCUT2D eigenvalue weighted by Crippen LogP contribution is -2.20. The molecule has 0 saturated heterocycles. The Balaban J connectivity index is 2.15. The molecule has 0 aliphatic heterocycles. The normalized spacial score (nSPS) is 14.4. The van der Waals surface area contributed by atoms with E-state index in [9.17, 15) is 14.7 Å². The van der Waals surface area contributed by atoms with Crippen LogP contribution in [0.25, 0.3) is 16.5 Å². The number of H-pyrrole nitrogens is 1. The van der Waals surface area contributed by atoms with Crippen LogP contribution in [0.4, 0.5) is 0 Å². The highest BCUT2D eigenvalue weighted by Gasteiger charge is 2.26. The van der Waals surface area contributed by atoms with E-state index < -0.39 is 5.97 Å². The number of aliphatic carboxylic acids is 1. The summed E-state index contributed by atoms with van der Waals surface area (Å²) in [6.07, 6.45) is 3.45. The molecule has 148 valence electrons. The maximum atomic E-state index is 13.8. The van der Waals surface area contributed by atoms with Crippen LogP contribution in [0.5, 0.6) is 0 Å². The molecular weight excluding hydrogens is 386 g/mol. The first-order valence-corrected chi connectivity index (χ1v) is 10.3. The lowest BCUT2D eigenvalue weighted by atomic mass is 9.85. The number of halogens is 1. The number of aromatic nitrogens is 1. The Labute approximate surface area is 173 Å². The van der Waals surface area contributed by atoms with Crippen molar-refractivity contribution in [3.8, 4) is 0 Å². The number of hydrogen-bond donors (Lipinski definition) is 2. The Hall–Kier alpha value is -2.85. The smallest absolute Gasteiger partial charge is 0.332 e. The molecule has 1 aliphatic carbocycles. The fourth-order valence-corrected chi connectivity index (χ4v) is 4.36. The topological polar surface area (TPSA) is 70.2 Å². The number of benzene rings is 2. The summed E-state index contributed by atoms with van der Waals surface area (Å²) in [6, 6.07) is 12.9. The average molecular weight is 408 g/mol. The van der Waals surface area contributed by atoms with Crippen molar-refractivity contribution in [3.63, 3.8) is 0 Å². The lowest BCUT2D eigenvalue weighted by Gasteiger charge is -2.21. The van der Waals surface area contributed by atoms with Crippen LogP contribution in [0.3, 0.4) is 0 Å². The quantitative estimate of drug-likeness (QED) is 0.614. The average Bonchev–Trinajstić information content (AvgIpc) is 2.69. The highest BCUT2D eigenvalue weighted by molar-refractivity contribution is 6.30. The van der Waals surface area contributed by atoms with Crippen molar-refractivity contribution < 1.29 is 9.90 Å². The molecule has 1 aliphatic rings. The van der Waals surface area contributed by atoms with Gasteiger partial charge in [0, 0.05) is 32.8 Å². The van der Waals surface area contributed by atoms with E-state index in [-0.39, 0.29) is 11.0 Å². The number of aryl methyl sites for hydroxylation is 2. The van der Waals surface area contributed by atoms with Gasteiger partial charge in [0.2, 0.25) is 0 Å². The van der Waals surface area contributed by atoms with E-state index in [2.05, 4.69) is 4.98 Å². The second kappa shape index (κ2) is 7.88. The van der Waals surface area contributed by atoms with Crippen molar-refractivity contribution in [2.75, 3.05) is 0 Å². The van der Waals surface area contributed by atoms with Gasteiger partial charge < -0.3 is 10.1 Å². The lowest BCUT2D eigenvalue weighted by molar-refractivity contribution is -0.132. The number of carbonyl (C=O) groups is 1. The molecule has 2 aromatic carbocycles. The van der Waals surface area contributed by atoms with Crippen LogP contribution < -0.4 is 5.43 Å². The van der Waals surface area contributed by atoms with Crippen LogP contribution in [0.2, 0.25) is 5.02 Å². The highest BCUT2D eigenvalue weighted by atomic mass is 35.5. The summed E-state index contributed by atoms with van der Waals surface area (Å²) in [5.41, 5.74) is 4.45. The molecule has 0 fully saturated rings. The Kier molecular flexibility index (Phi) is 5.29. The molecular formula is C24H22ClNO3. The van der Waals surface area contributed by atoms with E-state index in [4.69, 9.17) is 11.6 Å². The van der Waals surface area contributed by atoms with E-state index >= 15 is 0 Å². The molecule has 5 heteroatoms. The number of rotatable bonds is 3. The van der Waals surface area contributed by atoms with Crippen LogP contribution in [0, 0.1) is 0 Å². The van der Waals surface area contributed by atoms with Gasteiger partial charge in [0.1, 0.15) is 0 Å². The first-order chi connectivity index (χ1) is 14.0. The van der Waals surface area contributed by atoms with E-state index in [1.165, 1.54) is 0 Å². The second-order valence-electron chi connectivity index (χ2n) is 7.37. The van der Waals surface area contributed by atoms with Gasteiger partial charge in [0.25, 0.3) is 0 Å². The molecule has 0 spiro atoms. The molecule has 0 saturated carbocycles. The summed E-state index contributed by atoms with van der Waals surface area (Å²) < 4.78 is 0. The van der Waals surface area contributed by atoms with Crippen LogP contribution in [0.1, 0.15) is 48.6 Å². The molecule has 2 N–H and O–H groups in total. The van der Waals surface area contributed by atoms with Gasteiger partial charge in [0.05, 0.1) is 5.56 Å². The van der Waals surface area contributed by atoms with Gasteiger partial charge in [-0.05, 0) is 61.4 Å². The van der Waals surface area contributed by atoms with Crippen molar-refractivity contribution in [3.05, 3.63) is 85.7 Å². The molecule has 29 heavy (non-hydrogen) atoms. The molecule has 1 heterocycles. The zero-order chi connectivity index (χ0) is 20.5. The maximum Gasteiger partial charge on any atom is 0.332 e. The molecule has 4 rings (SSSR count). The molecule has 0 amide bonds. The molecule has 4 nitrogen and oxygen atoms in total. The minimum Gasteiger partial charge on any atom is -0.478 e. The highest BCUT2D eigenvalue weighted by Crippen LogP contribution is 2.34. The maximum absolute atomic E-state index is 13.8. The summed E-state index contributed by atoms with van der Waals surface area (Å²) in [4.78, 5) is 29.4.